The second-order valence-corrected chi connectivity index (χ2v) is 7.36. The number of carbonyl (C=O) groups is 1. The average Bonchev–Trinajstić information content (AvgIpc) is 3.39. The Morgan fingerprint density at radius 3 is 2.77 bits per heavy atom. The fraction of sp³-hybridized carbons (Fsp3) is 0.238. The minimum absolute atomic E-state index is 0.225. The molecule has 2 aromatic carbocycles. The van der Waals surface area contributed by atoms with E-state index >= 15 is 0 Å². The van der Waals surface area contributed by atoms with Crippen molar-refractivity contribution in [1.82, 2.24) is 5.16 Å². The SMILES string of the molecule is CSc1ccccc1Cc1cc(F)ccc1C(=O)c1cc(C2CC2)on1. The molecule has 1 saturated carbocycles. The molecule has 1 heterocycles. The minimum atomic E-state index is -0.350. The van der Waals surface area contributed by atoms with Crippen LogP contribution in [0.4, 0.5) is 4.39 Å². The number of hydrogen-bond acceptors (Lipinski definition) is 4. The smallest absolute Gasteiger partial charge is 0.215 e. The topological polar surface area (TPSA) is 43.1 Å². The molecule has 0 unspecified atom stereocenters. The van der Waals surface area contributed by atoms with Crippen LogP contribution in [0.1, 0.15) is 51.7 Å². The van der Waals surface area contributed by atoms with Crippen LogP contribution in [0.25, 0.3) is 0 Å². The van der Waals surface area contributed by atoms with Gasteiger partial charge in [0.05, 0.1) is 0 Å². The Kier molecular flexibility index (Phi) is 4.64. The Hall–Kier alpha value is -2.40. The highest BCUT2D eigenvalue weighted by Crippen LogP contribution is 2.40. The molecule has 1 aromatic heterocycles. The molecule has 1 fully saturated rings. The fourth-order valence-electron chi connectivity index (χ4n) is 3.08. The van der Waals surface area contributed by atoms with Gasteiger partial charge in [-0.2, -0.15) is 0 Å². The van der Waals surface area contributed by atoms with Gasteiger partial charge in [0.1, 0.15) is 11.6 Å². The minimum Gasteiger partial charge on any atom is -0.360 e. The molecule has 0 N–H and O–H groups in total. The molecule has 132 valence electrons. The van der Waals surface area contributed by atoms with E-state index in [4.69, 9.17) is 4.52 Å². The lowest BCUT2D eigenvalue weighted by Crippen LogP contribution is -2.07. The molecule has 5 heteroatoms. The van der Waals surface area contributed by atoms with E-state index in [0.717, 1.165) is 29.1 Å². The largest absolute Gasteiger partial charge is 0.360 e. The van der Waals surface area contributed by atoms with E-state index in [-0.39, 0.29) is 17.3 Å². The van der Waals surface area contributed by atoms with Crippen molar-refractivity contribution in [2.24, 2.45) is 0 Å². The highest BCUT2D eigenvalue weighted by molar-refractivity contribution is 7.98. The summed E-state index contributed by atoms with van der Waals surface area (Å²) < 4.78 is 19.2. The Morgan fingerprint density at radius 1 is 1.19 bits per heavy atom. The van der Waals surface area contributed by atoms with Gasteiger partial charge in [0.2, 0.25) is 5.78 Å². The van der Waals surface area contributed by atoms with E-state index in [1.165, 1.54) is 12.1 Å². The lowest BCUT2D eigenvalue weighted by Gasteiger charge is -2.11. The monoisotopic (exact) mass is 367 g/mol. The second kappa shape index (κ2) is 7.08. The highest BCUT2D eigenvalue weighted by Gasteiger charge is 2.29. The van der Waals surface area contributed by atoms with E-state index in [1.807, 2.05) is 30.5 Å². The van der Waals surface area contributed by atoms with Crippen molar-refractivity contribution in [3.05, 3.63) is 82.5 Å². The number of thioether (sulfide) groups is 1. The number of halogens is 1. The lowest BCUT2D eigenvalue weighted by molar-refractivity contribution is 0.102. The number of hydrogen-bond donors (Lipinski definition) is 0. The number of nitrogens with zero attached hydrogens (tertiary/aromatic N) is 1. The van der Waals surface area contributed by atoms with E-state index in [2.05, 4.69) is 5.16 Å². The Morgan fingerprint density at radius 2 is 2.00 bits per heavy atom. The predicted octanol–water partition coefficient (Wildman–Crippen LogP) is 5.23. The van der Waals surface area contributed by atoms with Crippen LogP contribution in [-0.2, 0) is 6.42 Å². The van der Waals surface area contributed by atoms with Gasteiger partial charge in [-0.1, -0.05) is 23.4 Å². The highest BCUT2D eigenvalue weighted by atomic mass is 32.2. The second-order valence-electron chi connectivity index (χ2n) is 6.51. The summed E-state index contributed by atoms with van der Waals surface area (Å²) in [4.78, 5) is 14.0. The maximum absolute atomic E-state index is 13.9. The van der Waals surface area contributed by atoms with Gasteiger partial charge in [-0.15, -0.1) is 11.8 Å². The number of benzene rings is 2. The maximum atomic E-state index is 13.9. The number of ketones is 1. The Balaban J connectivity index is 1.68. The molecule has 3 nitrogen and oxygen atoms in total. The first kappa shape index (κ1) is 17.0. The van der Waals surface area contributed by atoms with E-state index in [9.17, 15) is 9.18 Å². The first-order chi connectivity index (χ1) is 12.7. The summed E-state index contributed by atoms with van der Waals surface area (Å²) >= 11 is 1.64. The van der Waals surface area contributed by atoms with Gasteiger partial charge in [-0.05, 0) is 60.9 Å². The summed E-state index contributed by atoms with van der Waals surface area (Å²) in [5.74, 6) is 0.587. The van der Waals surface area contributed by atoms with Crippen molar-refractivity contribution in [3.63, 3.8) is 0 Å². The molecule has 1 aliphatic rings. The van der Waals surface area contributed by atoms with Crippen molar-refractivity contribution in [3.8, 4) is 0 Å². The van der Waals surface area contributed by atoms with Crippen molar-refractivity contribution in [2.75, 3.05) is 6.26 Å². The zero-order chi connectivity index (χ0) is 18.1. The van der Waals surface area contributed by atoms with Crippen molar-refractivity contribution >= 4 is 17.5 Å². The molecule has 0 amide bonds. The zero-order valence-electron chi connectivity index (χ0n) is 14.4. The van der Waals surface area contributed by atoms with E-state index < -0.39 is 0 Å². The molecule has 3 aromatic rings. The zero-order valence-corrected chi connectivity index (χ0v) is 15.2. The Bertz CT molecular complexity index is 962. The van der Waals surface area contributed by atoms with Crippen LogP contribution >= 0.6 is 11.8 Å². The summed E-state index contributed by atoms with van der Waals surface area (Å²) in [7, 11) is 0. The molecule has 4 rings (SSSR count). The molecule has 0 aliphatic heterocycles. The van der Waals surface area contributed by atoms with E-state index in [1.54, 1.807) is 23.9 Å². The lowest BCUT2D eigenvalue weighted by atomic mass is 9.95. The van der Waals surface area contributed by atoms with Crippen LogP contribution in [0.2, 0.25) is 0 Å². The Labute approximate surface area is 155 Å². The summed E-state index contributed by atoms with van der Waals surface area (Å²) in [6.45, 7) is 0. The van der Waals surface area contributed by atoms with Crippen LogP contribution in [0.5, 0.6) is 0 Å². The van der Waals surface area contributed by atoms with Gasteiger partial charge in [-0.25, -0.2) is 4.39 Å². The summed E-state index contributed by atoms with van der Waals surface area (Å²) in [6.07, 6.45) is 4.65. The molecule has 0 spiro atoms. The fourth-order valence-corrected chi connectivity index (χ4v) is 3.70. The maximum Gasteiger partial charge on any atom is 0.215 e. The summed E-state index contributed by atoms with van der Waals surface area (Å²) in [5.41, 5.74) is 2.49. The first-order valence-electron chi connectivity index (χ1n) is 8.57. The third-order valence-electron chi connectivity index (χ3n) is 4.63. The van der Waals surface area contributed by atoms with Gasteiger partial charge < -0.3 is 4.52 Å². The number of carbonyl (C=O) groups excluding carboxylic acids is 1. The van der Waals surface area contributed by atoms with Gasteiger partial charge in [0.25, 0.3) is 0 Å². The summed E-state index contributed by atoms with van der Waals surface area (Å²) in [6, 6.07) is 14.0. The summed E-state index contributed by atoms with van der Waals surface area (Å²) in [5, 5.41) is 3.94. The molecule has 0 bridgehead atoms. The molecule has 0 radical (unpaired) electrons. The number of aromatic nitrogens is 1. The normalized spacial score (nSPS) is 13.8. The molecule has 1 aliphatic carbocycles. The standard InChI is InChI=1S/C21H18FNO2S/c1-26-20-5-3-2-4-14(20)10-15-11-16(22)8-9-17(15)21(24)18-12-19(25-23-18)13-6-7-13/h2-5,8-9,11-13H,6-7,10H2,1H3. The quantitative estimate of drug-likeness (QED) is 0.442. The van der Waals surface area contributed by atoms with Crippen LogP contribution in [0.3, 0.4) is 0 Å². The van der Waals surface area contributed by atoms with Crippen LogP contribution in [0, 0.1) is 5.82 Å². The molecule has 0 atom stereocenters. The third-order valence-corrected chi connectivity index (χ3v) is 5.46. The molecule has 0 saturated heterocycles. The molecule has 26 heavy (non-hydrogen) atoms. The van der Waals surface area contributed by atoms with Crippen LogP contribution in [0.15, 0.2) is 57.9 Å². The molecular formula is C21H18FNO2S. The van der Waals surface area contributed by atoms with Gasteiger partial charge in [0, 0.05) is 22.4 Å². The number of rotatable bonds is 6. The van der Waals surface area contributed by atoms with Gasteiger partial charge in [0.15, 0.2) is 5.69 Å². The van der Waals surface area contributed by atoms with Crippen molar-refractivity contribution in [1.29, 1.82) is 0 Å². The van der Waals surface area contributed by atoms with Crippen molar-refractivity contribution < 1.29 is 13.7 Å². The van der Waals surface area contributed by atoms with Gasteiger partial charge in [-0.3, -0.25) is 4.79 Å². The first-order valence-corrected chi connectivity index (χ1v) is 9.80. The molecular weight excluding hydrogens is 349 g/mol. The third kappa shape index (κ3) is 3.44. The predicted molar refractivity (Wildman–Crippen MR) is 99.3 cm³/mol. The van der Waals surface area contributed by atoms with Gasteiger partial charge >= 0.3 is 0 Å². The van der Waals surface area contributed by atoms with Crippen LogP contribution < -0.4 is 0 Å². The van der Waals surface area contributed by atoms with Crippen molar-refractivity contribution in [2.45, 2.75) is 30.1 Å². The van der Waals surface area contributed by atoms with E-state index in [0.29, 0.717) is 23.5 Å². The average molecular weight is 367 g/mol. The van der Waals surface area contributed by atoms with Crippen LogP contribution in [-0.4, -0.2) is 17.2 Å².